The summed E-state index contributed by atoms with van der Waals surface area (Å²) in [6, 6.07) is 18.9. The van der Waals surface area contributed by atoms with Crippen LogP contribution in [0.3, 0.4) is 0 Å². The third-order valence-electron chi connectivity index (χ3n) is 5.12. The molecule has 0 saturated carbocycles. The van der Waals surface area contributed by atoms with Gasteiger partial charge < -0.3 is 10.4 Å². The molecule has 0 aliphatic carbocycles. The van der Waals surface area contributed by atoms with Crippen molar-refractivity contribution in [3.8, 4) is 0 Å². The number of thiophene rings is 1. The molecule has 4 rings (SSSR count). The first-order chi connectivity index (χ1) is 13.8. The normalized spacial score (nSPS) is 14.6. The first kappa shape index (κ1) is 20.3. The standard InChI is InChI=1S/C22H23NO4S2/c1-22(13-24,14-27-29(2,25)26)23-12-15-11-20-21(17-8-4-3-7-16(15)17)18-9-5-6-10-19(18)28-20/h3-11,23-24H,12-14H2,1-2H3. The van der Waals surface area contributed by atoms with Crippen molar-refractivity contribution >= 4 is 52.4 Å². The molecule has 0 aliphatic heterocycles. The molecule has 0 aliphatic rings. The smallest absolute Gasteiger partial charge is 0.264 e. The number of fused-ring (bicyclic) bond motifs is 5. The van der Waals surface area contributed by atoms with E-state index in [1.54, 1.807) is 18.3 Å². The molecule has 5 nitrogen and oxygen atoms in total. The fraction of sp³-hybridized carbons (Fsp3) is 0.273. The summed E-state index contributed by atoms with van der Waals surface area (Å²) in [7, 11) is -3.58. The summed E-state index contributed by atoms with van der Waals surface area (Å²) in [5.41, 5.74) is 0.220. The van der Waals surface area contributed by atoms with E-state index in [2.05, 4.69) is 47.8 Å². The number of rotatable bonds is 7. The third kappa shape index (κ3) is 4.15. The maximum absolute atomic E-state index is 11.3. The molecule has 0 fully saturated rings. The van der Waals surface area contributed by atoms with Gasteiger partial charge in [0.05, 0.1) is 25.0 Å². The van der Waals surface area contributed by atoms with E-state index in [0.29, 0.717) is 6.54 Å². The summed E-state index contributed by atoms with van der Waals surface area (Å²) in [4.78, 5) is 0. The van der Waals surface area contributed by atoms with Gasteiger partial charge in [0, 0.05) is 26.7 Å². The summed E-state index contributed by atoms with van der Waals surface area (Å²) in [5.74, 6) is 0. The Bertz CT molecular complexity index is 1300. The Morgan fingerprint density at radius 2 is 1.69 bits per heavy atom. The van der Waals surface area contributed by atoms with Crippen molar-refractivity contribution < 1.29 is 17.7 Å². The van der Waals surface area contributed by atoms with Crippen molar-refractivity contribution in [1.29, 1.82) is 0 Å². The lowest BCUT2D eigenvalue weighted by atomic mass is 9.98. The zero-order chi connectivity index (χ0) is 20.6. The molecule has 1 atom stereocenters. The predicted molar refractivity (Wildman–Crippen MR) is 120 cm³/mol. The summed E-state index contributed by atoms with van der Waals surface area (Å²) in [6.45, 7) is 1.85. The van der Waals surface area contributed by atoms with Gasteiger partial charge in [0.1, 0.15) is 0 Å². The van der Waals surface area contributed by atoms with E-state index < -0.39 is 15.7 Å². The number of aliphatic hydroxyl groups is 1. The van der Waals surface area contributed by atoms with Gasteiger partial charge in [-0.3, -0.25) is 4.18 Å². The van der Waals surface area contributed by atoms with Crippen molar-refractivity contribution in [3.63, 3.8) is 0 Å². The van der Waals surface area contributed by atoms with Gasteiger partial charge in [0.25, 0.3) is 10.1 Å². The third-order valence-corrected chi connectivity index (χ3v) is 6.78. The number of benzene rings is 3. The predicted octanol–water partition coefficient (Wildman–Crippen LogP) is 4.02. The molecule has 0 saturated heterocycles. The van der Waals surface area contributed by atoms with Crippen molar-refractivity contribution in [2.24, 2.45) is 0 Å². The zero-order valence-corrected chi connectivity index (χ0v) is 17.9. The van der Waals surface area contributed by atoms with Gasteiger partial charge in [-0.05, 0) is 35.4 Å². The van der Waals surface area contributed by atoms with E-state index >= 15 is 0 Å². The lowest BCUT2D eigenvalue weighted by molar-refractivity contribution is 0.118. The van der Waals surface area contributed by atoms with Crippen LogP contribution in [0.15, 0.2) is 54.6 Å². The van der Waals surface area contributed by atoms with Crippen LogP contribution in [-0.2, 0) is 20.8 Å². The number of aliphatic hydroxyl groups excluding tert-OH is 1. The van der Waals surface area contributed by atoms with Gasteiger partial charge in [-0.15, -0.1) is 11.3 Å². The molecule has 0 radical (unpaired) electrons. The van der Waals surface area contributed by atoms with Crippen LogP contribution in [0.5, 0.6) is 0 Å². The fourth-order valence-corrected chi connectivity index (χ4v) is 5.17. The Kier molecular flexibility index (Phi) is 5.35. The minimum atomic E-state index is -3.58. The van der Waals surface area contributed by atoms with Crippen LogP contribution in [0.4, 0.5) is 0 Å². The zero-order valence-electron chi connectivity index (χ0n) is 16.3. The molecule has 3 aromatic carbocycles. The Morgan fingerprint density at radius 3 is 2.38 bits per heavy atom. The molecule has 4 aromatic rings. The van der Waals surface area contributed by atoms with Gasteiger partial charge >= 0.3 is 0 Å². The molecule has 2 N–H and O–H groups in total. The first-order valence-corrected chi connectivity index (χ1v) is 12.0. The van der Waals surface area contributed by atoms with Gasteiger partial charge in [0.2, 0.25) is 0 Å². The lowest BCUT2D eigenvalue weighted by Crippen LogP contribution is -2.49. The lowest BCUT2D eigenvalue weighted by Gasteiger charge is -2.28. The Morgan fingerprint density at radius 1 is 1.03 bits per heavy atom. The Hall–Kier alpha value is -2.03. The van der Waals surface area contributed by atoms with Gasteiger partial charge in [-0.2, -0.15) is 8.42 Å². The molecule has 152 valence electrons. The van der Waals surface area contributed by atoms with Crippen LogP contribution in [-0.4, -0.2) is 38.5 Å². The fourth-order valence-electron chi connectivity index (χ4n) is 3.51. The molecular formula is C22H23NO4S2. The monoisotopic (exact) mass is 429 g/mol. The maximum atomic E-state index is 11.3. The quantitative estimate of drug-likeness (QED) is 0.434. The van der Waals surface area contributed by atoms with Crippen LogP contribution >= 0.6 is 11.3 Å². The maximum Gasteiger partial charge on any atom is 0.264 e. The van der Waals surface area contributed by atoms with E-state index in [1.165, 1.54) is 25.6 Å². The molecule has 29 heavy (non-hydrogen) atoms. The topological polar surface area (TPSA) is 75.6 Å². The molecule has 0 bridgehead atoms. The van der Waals surface area contributed by atoms with Gasteiger partial charge in [0.15, 0.2) is 0 Å². The Balaban J connectivity index is 1.74. The van der Waals surface area contributed by atoms with Crippen molar-refractivity contribution in [3.05, 3.63) is 60.2 Å². The average molecular weight is 430 g/mol. The highest BCUT2D eigenvalue weighted by atomic mass is 32.2. The molecule has 1 unspecified atom stereocenters. The average Bonchev–Trinajstić information content (AvgIpc) is 3.08. The largest absolute Gasteiger partial charge is 0.394 e. The highest BCUT2D eigenvalue weighted by Crippen LogP contribution is 2.39. The van der Waals surface area contributed by atoms with Crippen LogP contribution in [0.2, 0.25) is 0 Å². The number of hydrogen-bond acceptors (Lipinski definition) is 6. The van der Waals surface area contributed by atoms with Crippen molar-refractivity contribution in [2.75, 3.05) is 19.5 Å². The minimum absolute atomic E-state index is 0.134. The highest BCUT2D eigenvalue weighted by Gasteiger charge is 2.25. The molecule has 0 amide bonds. The summed E-state index contributed by atoms with van der Waals surface area (Å²) in [6.07, 6.45) is 1.01. The van der Waals surface area contributed by atoms with E-state index in [9.17, 15) is 13.5 Å². The van der Waals surface area contributed by atoms with E-state index in [0.717, 1.165) is 17.2 Å². The SMILES string of the molecule is CC(CO)(COS(C)(=O)=O)NCc1cc2sc3ccccc3c2c2ccccc12. The second kappa shape index (κ2) is 7.66. The highest BCUT2D eigenvalue weighted by molar-refractivity contribution is 7.85. The summed E-state index contributed by atoms with van der Waals surface area (Å²) < 4.78 is 30.1. The molecular weight excluding hydrogens is 406 g/mol. The molecule has 7 heteroatoms. The summed E-state index contributed by atoms with van der Waals surface area (Å²) >= 11 is 1.76. The van der Waals surface area contributed by atoms with E-state index in [4.69, 9.17) is 4.18 Å². The number of hydrogen-bond donors (Lipinski definition) is 2. The van der Waals surface area contributed by atoms with Crippen LogP contribution in [0.1, 0.15) is 12.5 Å². The first-order valence-electron chi connectivity index (χ1n) is 9.32. The van der Waals surface area contributed by atoms with Gasteiger partial charge in [-0.1, -0.05) is 42.5 Å². The second-order valence-corrected chi connectivity index (χ2v) is 10.3. The van der Waals surface area contributed by atoms with Crippen LogP contribution in [0, 0.1) is 0 Å². The summed E-state index contributed by atoms with van der Waals surface area (Å²) in [5, 5.41) is 17.9. The van der Waals surface area contributed by atoms with E-state index in [-0.39, 0.29) is 13.2 Å². The Labute approximate surface area is 174 Å². The van der Waals surface area contributed by atoms with Crippen molar-refractivity contribution in [2.45, 2.75) is 19.0 Å². The van der Waals surface area contributed by atoms with Crippen molar-refractivity contribution in [1.82, 2.24) is 5.32 Å². The van der Waals surface area contributed by atoms with Gasteiger partial charge in [-0.25, -0.2) is 0 Å². The molecule has 1 aromatic heterocycles. The van der Waals surface area contributed by atoms with E-state index in [1.807, 2.05) is 12.1 Å². The second-order valence-electron chi connectivity index (χ2n) is 7.59. The van der Waals surface area contributed by atoms with Crippen LogP contribution < -0.4 is 5.32 Å². The van der Waals surface area contributed by atoms with Crippen LogP contribution in [0.25, 0.3) is 30.9 Å². The minimum Gasteiger partial charge on any atom is -0.394 e. The molecule has 1 heterocycles. The molecule has 0 spiro atoms. The number of nitrogens with one attached hydrogen (secondary N) is 1.